The lowest BCUT2D eigenvalue weighted by Crippen LogP contribution is -2.06. The predicted molar refractivity (Wildman–Crippen MR) is 79.8 cm³/mol. The molecule has 0 amide bonds. The molecule has 0 aliphatic rings. The fraction of sp³-hybridized carbons (Fsp3) is 0.278. The van der Waals surface area contributed by atoms with Gasteiger partial charge in [-0.3, -0.25) is 4.79 Å². The molecule has 0 N–H and O–H groups in total. The third-order valence-corrected chi connectivity index (χ3v) is 3.46. The van der Waals surface area contributed by atoms with Gasteiger partial charge in [0.1, 0.15) is 0 Å². The summed E-state index contributed by atoms with van der Waals surface area (Å²) in [6.07, 6.45) is 2.20. The highest BCUT2D eigenvalue weighted by atomic mass is 16.1. The Labute approximate surface area is 115 Å². The maximum absolute atomic E-state index is 12.6. The van der Waals surface area contributed by atoms with Crippen LogP contribution in [-0.2, 0) is 6.42 Å². The summed E-state index contributed by atoms with van der Waals surface area (Å²) in [5.74, 6) is 0.124. The first-order valence-corrected chi connectivity index (χ1v) is 6.83. The summed E-state index contributed by atoms with van der Waals surface area (Å²) < 4.78 is 0. The van der Waals surface area contributed by atoms with Crippen molar-refractivity contribution in [2.75, 3.05) is 0 Å². The lowest BCUT2D eigenvalue weighted by molar-refractivity contribution is 0.103. The highest BCUT2D eigenvalue weighted by Gasteiger charge is 2.13. The summed E-state index contributed by atoms with van der Waals surface area (Å²) in [6.45, 7) is 6.15. The van der Waals surface area contributed by atoms with Crippen LogP contribution in [0.3, 0.4) is 0 Å². The molecule has 0 spiro atoms. The van der Waals surface area contributed by atoms with E-state index in [-0.39, 0.29) is 5.78 Å². The van der Waals surface area contributed by atoms with Gasteiger partial charge in [-0.2, -0.15) is 0 Å². The molecule has 0 heterocycles. The quantitative estimate of drug-likeness (QED) is 0.733. The molecule has 0 saturated heterocycles. The summed E-state index contributed by atoms with van der Waals surface area (Å²) in [6, 6.07) is 14.0. The van der Waals surface area contributed by atoms with Crippen LogP contribution in [0.2, 0.25) is 0 Å². The number of hydrogen-bond donors (Lipinski definition) is 0. The molecular weight excluding hydrogens is 232 g/mol. The molecule has 1 nitrogen and oxygen atoms in total. The van der Waals surface area contributed by atoms with Crippen molar-refractivity contribution in [3.8, 4) is 0 Å². The number of carbonyl (C=O) groups is 1. The van der Waals surface area contributed by atoms with Crippen LogP contribution in [0.4, 0.5) is 0 Å². The van der Waals surface area contributed by atoms with Crippen LogP contribution in [0, 0.1) is 13.8 Å². The largest absolute Gasteiger partial charge is 0.289 e. The van der Waals surface area contributed by atoms with E-state index in [4.69, 9.17) is 0 Å². The maximum Gasteiger partial charge on any atom is 0.193 e. The third kappa shape index (κ3) is 2.93. The minimum atomic E-state index is 0.124. The second-order valence-corrected chi connectivity index (χ2v) is 5.04. The molecule has 0 bridgehead atoms. The van der Waals surface area contributed by atoms with Crippen molar-refractivity contribution in [3.63, 3.8) is 0 Å². The van der Waals surface area contributed by atoms with E-state index >= 15 is 0 Å². The first-order chi connectivity index (χ1) is 9.13. The normalized spacial score (nSPS) is 10.5. The van der Waals surface area contributed by atoms with E-state index in [0.717, 1.165) is 35.1 Å². The summed E-state index contributed by atoms with van der Waals surface area (Å²) in [5.41, 5.74) is 4.99. The van der Waals surface area contributed by atoms with E-state index in [9.17, 15) is 4.79 Å². The molecule has 0 saturated carbocycles. The van der Waals surface area contributed by atoms with E-state index < -0.39 is 0 Å². The lowest BCUT2D eigenvalue weighted by Gasteiger charge is -2.09. The number of carbonyl (C=O) groups excluding carboxylic acids is 1. The van der Waals surface area contributed by atoms with Gasteiger partial charge in [0.25, 0.3) is 0 Å². The molecule has 2 aromatic rings. The minimum absolute atomic E-state index is 0.124. The molecule has 0 atom stereocenters. The molecule has 98 valence electrons. The Balaban J connectivity index is 2.34. The van der Waals surface area contributed by atoms with Crippen molar-refractivity contribution in [3.05, 3.63) is 70.3 Å². The molecule has 0 unspecified atom stereocenters. The molecule has 0 radical (unpaired) electrons. The summed E-state index contributed by atoms with van der Waals surface area (Å²) >= 11 is 0. The van der Waals surface area contributed by atoms with Crippen molar-refractivity contribution >= 4 is 5.78 Å². The predicted octanol–water partition coefficient (Wildman–Crippen LogP) is 4.49. The van der Waals surface area contributed by atoms with Crippen molar-refractivity contribution in [1.82, 2.24) is 0 Å². The molecule has 0 fully saturated rings. The molecule has 1 heteroatoms. The van der Waals surface area contributed by atoms with E-state index in [1.165, 1.54) is 5.56 Å². The van der Waals surface area contributed by atoms with E-state index in [1.54, 1.807) is 0 Å². The first kappa shape index (κ1) is 13.5. The average Bonchev–Trinajstić information content (AvgIpc) is 2.39. The highest BCUT2D eigenvalue weighted by molar-refractivity contribution is 6.10. The summed E-state index contributed by atoms with van der Waals surface area (Å²) in [4.78, 5) is 12.6. The van der Waals surface area contributed by atoms with Gasteiger partial charge in [-0.25, -0.2) is 0 Å². The Bertz CT molecular complexity index is 559. The van der Waals surface area contributed by atoms with Crippen LogP contribution in [0.25, 0.3) is 0 Å². The summed E-state index contributed by atoms with van der Waals surface area (Å²) in [7, 11) is 0. The molecule has 2 rings (SSSR count). The van der Waals surface area contributed by atoms with Crippen LogP contribution in [0.15, 0.2) is 42.5 Å². The van der Waals surface area contributed by atoms with Gasteiger partial charge in [-0.15, -0.1) is 0 Å². The molecule has 0 aliphatic carbocycles. The topological polar surface area (TPSA) is 17.1 Å². The van der Waals surface area contributed by atoms with Gasteiger partial charge in [-0.05, 0) is 37.0 Å². The van der Waals surface area contributed by atoms with Crippen molar-refractivity contribution in [1.29, 1.82) is 0 Å². The van der Waals surface area contributed by atoms with Gasteiger partial charge in [0.2, 0.25) is 0 Å². The number of rotatable bonds is 4. The van der Waals surface area contributed by atoms with Crippen LogP contribution in [-0.4, -0.2) is 5.78 Å². The maximum atomic E-state index is 12.6. The van der Waals surface area contributed by atoms with Crippen molar-refractivity contribution < 1.29 is 4.79 Å². The Kier molecular flexibility index (Phi) is 4.16. The number of aryl methyl sites for hydroxylation is 3. The van der Waals surface area contributed by atoms with E-state index in [0.29, 0.717) is 0 Å². The highest BCUT2D eigenvalue weighted by Crippen LogP contribution is 2.18. The zero-order valence-electron chi connectivity index (χ0n) is 11.9. The Morgan fingerprint density at radius 3 is 2.05 bits per heavy atom. The Morgan fingerprint density at radius 2 is 1.53 bits per heavy atom. The molecule has 0 aromatic heterocycles. The van der Waals surface area contributed by atoms with Gasteiger partial charge >= 0.3 is 0 Å². The Morgan fingerprint density at radius 1 is 0.947 bits per heavy atom. The lowest BCUT2D eigenvalue weighted by atomic mass is 9.94. The van der Waals surface area contributed by atoms with Crippen LogP contribution >= 0.6 is 0 Å². The first-order valence-electron chi connectivity index (χ1n) is 6.83. The second-order valence-electron chi connectivity index (χ2n) is 5.04. The van der Waals surface area contributed by atoms with Crippen molar-refractivity contribution in [2.24, 2.45) is 0 Å². The fourth-order valence-electron chi connectivity index (χ4n) is 2.43. The zero-order chi connectivity index (χ0) is 13.8. The van der Waals surface area contributed by atoms with Gasteiger partial charge in [0.05, 0.1) is 0 Å². The standard InChI is InChI=1S/C18H20O/c1-4-6-15-9-11-16(12-10-15)18(19)17-13(2)7-5-8-14(17)3/h5,7-12H,4,6H2,1-3H3. The number of benzene rings is 2. The smallest absolute Gasteiger partial charge is 0.193 e. The van der Waals surface area contributed by atoms with Crippen LogP contribution in [0.1, 0.15) is 46.0 Å². The van der Waals surface area contributed by atoms with Crippen molar-refractivity contribution in [2.45, 2.75) is 33.6 Å². The molecular formula is C18H20O. The van der Waals surface area contributed by atoms with Gasteiger partial charge in [-0.1, -0.05) is 55.8 Å². The average molecular weight is 252 g/mol. The third-order valence-electron chi connectivity index (χ3n) is 3.46. The van der Waals surface area contributed by atoms with E-state index in [2.05, 4.69) is 19.1 Å². The monoisotopic (exact) mass is 252 g/mol. The molecule has 2 aromatic carbocycles. The van der Waals surface area contributed by atoms with Crippen LogP contribution < -0.4 is 0 Å². The SMILES string of the molecule is CCCc1ccc(C(=O)c2c(C)cccc2C)cc1. The zero-order valence-corrected chi connectivity index (χ0v) is 11.9. The number of hydrogen-bond acceptors (Lipinski definition) is 1. The Hall–Kier alpha value is -1.89. The minimum Gasteiger partial charge on any atom is -0.289 e. The fourth-order valence-corrected chi connectivity index (χ4v) is 2.43. The molecule has 0 aliphatic heterocycles. The van der Waals surface area contributed by atoms with Crippen LogP contribution in [0.5, 0.6) is 0 Å². The number of ketones is 1. The van der Waals surface area contributed by atoms with Gasteiger partial charge in [0, 0.05) is 11.1 Å². The van der Waals surface area contributed by atoms with Gasteiger partial charge in [0.15, 0.2) is 5.78 Å². The summed E-state index contributed by atoms with van der Waals surface area (Å²) in [5, 5.41) is 0. The second kappa shape index (κ2) is 5.83. The van der Waals surface area contributed by atoms with E-state index in [1.807, 2.05) is 44.2 Å². The van der Waals surface area contributed by atoms with Gasteiger partial charge < -0.3 is 0 Å². The molecule has 19 heavy (non-hydrogen) atoms.